The first-order valence-corrected chi connectivity index (χ1v) is 12.8. The molecule has 5 rings (SSSR count). The number of amides is 2. The quantitative estimate of drug-likeness (QED) is 0.379. The number of piperidine rings is 1. The van der Waals surface area contributed by atoms with Crippen LogP contribution in [0.5, 0.6) is 0 Å². The van der Waals surface area contributed by atoms with Gasteiger partial charge in [0.2, 0.25) is 5.91 Å². The number of rotatable bonds is 6. The van der Waals surface area contributed by atoms with Gasteiger partial charge in [-0.15, -0.1) is 0 Å². The highest BCUT2D eigenvalue weighted by atomic mass is 16.2. The van der Waals surface area contributed by atoms with E-state index in [1.54, 1.807) is 12.2 Å². The summed E-state index contributed by atoms with van der Waals surface area (Å²) in [5.41, 5.74) is 11.1. The van der Waals surface area contributed by atoms with Crippen LogP contribution in [-0.4, -0.2) is 49.6 Å². The van der Waals surface area contributed by atoms with Gasteiger partial charge in [-0.2, -0.15) is 5.10 Å². The summed E-state index contributed by atoms with van der Waals surface area (Å²) in [6, 6.07) is 15.4. The van der Waals surface area contributed by atoms with Gasteiger partial charge in [-0.05, 0) is 50.0 Å². The minimum atomic E-state index is -0.101. The van der Waals surface area contributed by atoms with E-state index in [2.05, 4.69) is 15.3 Å². The SMILES string of the molecule is C/C=C/C(=O)N1CCCC(n2nc(-c3ccc(CNC(=O)c4ccccc4C)cc3)c3c(N)ncnc32)C1. The second kappa shape index (κ2) is 10.8. The Kier molecular flexibility index (Phi) is 7.17. The Hall–Kier alpha value is -4.53. The van der Waals surface area contributed by atoms with Gasteiger partial charge in [-0.3, -0.25) is 9.59 Å². The zero-order valence-corrected chi connectivity index (χ0v) is 21.6. The number of nitrogens with two attached hydrogens (primary N) is 1. The minimum Gasteiger partial charge on any atom is -0.383 e. The van der Waals surface area contributed by atoms with Gasteiger partial charge >= 0.3 is 0 Å². The number of carbonyl (C=O) groups is 2. The van der Waals surface area contributed by atoms with Gasteiger partial charge in [0, 0.05) is 30.8 Å². The molecule has 0 radical (unpaired) electrons. The van der Waals surface area contributed by atoms with E-state index in [4.69, 9.17) is 10.8 Å². The maximum Gasteiger partial charge on any atom is 0.251 e. The normalized spacial score (nSPS) is 15.7. The van der Waals surface area contributed by atoms with Crippen molar-refractivity contribution in [2.24, 2.45) is 0 Å². The van der Waals surface area contributed by atoms with Gasteiger partial charge in [0.1, 0.15) is 17.8 Å². The molecule has 3 N–H and O–H groups in total. The van der Waals surface area contributed by atoms with Crippen molar-refractivity contribution in [1.82, 2.24) is 30.0 Å². The predicted molar refractivity (Wildman–Crippen MR) is 147 cm³/mol. The minimum absolute atomic E-state index is 0.00753. The Morgan fingerprint density at radius 1 is 1.13 bits per heavy atom. The fourth-order valence-electron chi connectivity index (χ4n) is 4.94. The molecule has 4 aromatic rings. The number of aromatic nitrogens is 4. The molecule has 1 fully saturated rings. The Balaban J connectivity index is 1.39. The highest BCUT2D eigenvalue weighted by molar-refractivity contribution is 5.98. The van der Waals surface area contributed by atoms with Crippen molar-refractivity contribution in [3.63, 3.8) is 0 Å². The Labute approximate surface area is 221 Å². The van der Waals surface area contributed by atoms with Crippen LogP contribution in [0.3, 0.4) is 0 Å². The number of hydrogen-bond acceptors (Lipinski definition) is 6. The van der Waals surface area contributed by atoms with E-state index in [0.29, 0.717) is 41.2 Å². The Morgan fingerprint density at radius 3 is 2.68 bits per heavy atom. The van der Waals surface area contributed by atoms with E-state index in [-0.39, 0.29) is 17.9 Å². The van der Waals surface area contributed by atoms with Crippen molar-refractivity contribution in [1.29, 1.82) is 0 Å². The summed E-state index contributed by atoms with van der Waals surface area (Å²) in [5.74, 6) is 0.271. The fourth-order valence-corrected chi connectivity index (χ4v) is 4.94. The zero-order chi connectivity index (χ0) is 26.6. The van der Waals surface area contributed by atoms with Gasteiger partial charge < -0.3 is 16.0 Å². The summed E-state index contributed by atoms with van der Waals surface area (Å²) in [4.78, 5) is 35.7. The lowest BCUT2D eigenvalue weighted by molar-refractivity contribution is -0.127. The van der Waals surface area contributed by atoms with Crippen molar-refractivity contribution >= 4 is 28.7 Å². The smallest absolute Gasteiger partial charge is 0.251 e. The molecule has 1 aliphatic heterocycles. The number of nitrogen functional groups attached to an aromatic ring is 1. The van der Waals surface area contributed by atoms with Crippen LogP contribution in [0.1, 0.15) is 47.3 Å². The first-order chi connectivity index (χ1) is 18.5. The van der Waals surface area contributed by atoms with Gasteiger partial charge in [0.25, 0.3) is 5.91 Å². The van der Waals surface area contributed by atoms with Crippen LogP contribution >= 0.6 is 0 Å². The van der Waals surface area contributed by atoms with Crippen LogP contribution in [-0.2, 0) is 11.3 Å². The van der Waals surface area contributed by atoms with Crippen molar-refractivity contribution in [3.05, 3.63) is 83.7 Å². The van der Waals surface area contributed by atoms with Gasteiger partial charge in [0.15, 0.2) is 5.65 Å². The number of allylic oxidation sites excluding steroid dienone is 1. The number of nitrogens with zero attached hydrogens (tertiary/aromatic N) is 5. The highest BCUT2D eigenvalue weighted by Gasteiger charge is 2.28. The maximum absolute atomic E-state index is 12.6. The van der Waals surface area contributed by atoms with Crippen molar-refractivity contribution in [2.75, 3.05) is 18.8 Å². The summed E-state index contributed by atoms with van der Waals surface area (Å²) in [6.07, 6.45) is 6.58. The Bertz CT molecular complexity index is 1510. The average Bonchev–Trinajstić information content (AvgIpc) is 3.33. The molecule has 194 valence electrons. The maximum atomic E-state index is 12.6. The lowest BCUT2D eigenvalue weighted by atomic mass is 10.1. The number of aryl methyl sites for hydroxylation is 1. The van der Waals surface area contributed by atoms with Crippen molar-refractivity contribution < 1.29 is 9.59 Å². The molecule has 38 heavy (non-hydrogen) atoms. The summed E-state index contributed by atoms with van der Waals surface area (Å²) in [6.45, 7) is 5.46. The predicted octanol–water partition coefficient (Wildman–Crippen LogP) is 4.05. The van der Waals surface area contributed by atoms with Crippen LogP contribution in [0.15, 0.2) is 67.0 Å². The Morgan fingerprint density at radius 2 is 1.92 bits per heavy atom. The molecular formula is C29H31N7O2. The molecule has 2 amide bonds. The first-order valence-electron chi connectivity index (χ1n) is 12.8. The van der Waals surface area contributed by atoms with Crippen LogP contribution in [0.4, 0.5) is 5.82 Å². The molecule has 1 unspecified atom stereocenters. The van der Waals surface area contributed by atoms with Crippen molar-refractivity contribution in [2.45, 2.75) is 39.3 Å². The molecule has 9 nitrogen and oxygen atoms in total. The number of anilines is 1. The average molecular weight is 510 g/mol. The third kappa shape index (κ3) is 5.00. The third-order valence-electron chi connectivity index (χ3n) is 6.95. The summed E-state index contributed by atoms with van der Waals surface area (Å²) < 4.78 is 1.90. The molecule has 1 saturated heterocycles. The van der Waals surface area contributed by atoms with E-state index < -0.39 is 0 Å². The molecule has 2 aromatic carbocycles. The second-order valence-electron chi connectivity index (χ2n) is 9.53. The van der Waals surface area contributed by atoms with E-state index in [1.807, 2.05) is 72.0 Å². The number of nitrogens with one attached hydrogen (secondary N) is 1. The van der Waals surface area contributed by atoms with E-state index in [1.165, 1.54) is 6.33 Å². The number of fused-ring (bicyclic) bond motifs is 1. The molecule has 0 bridgehead atoms. The molecule has 9 heteroatoms. The molecule has 3 heterocycles. The fraction of sp³-hybridized carbons (Fsp3) is 0.276. The van der Waals surface area contributed by atoms with Crippen LogP contribution in [0.25, 0.3) is 22.3 Å². The number of carbonyl (C=O) groups excluding carboxylic acids is 2. The lowest BCUT2D eigenvalue weighted by Crippen LogP contribution is -2.40. The van der Waals surface area contributed by atoms with E-state index in [0.717, 1.165) is 36.1 Å². The van der Waals surface area contributed by atoms with E-state index >= 15 is 0 Å². The first kappa shape index (κ1) is 25.1. The number of likely N-dealkylation sites (tertiary alicyclic amines) is 1. The number of hydrogen-bond donors (Lipinski definition) is 2. The third-order valence-corrected chi connectivity index (χ3v) is 6.95. The summed E-state index contributed by atoms with van der Waals surface area (Å²) in [7, 11) is 0. The molecule has 1 atom stereocenters. The molecule has 0 aliphatic carbocycles. The van der Waals surface area contributed by atoms with Crippen molar-refractivity contribution in [3.8, 4) is 11.3 Å². The standard InChI is InChI=1S/C29H31N7O2/c1-3-7-24(37)35-15-6-9-22(17-35)36-28-25(27(30)32-18-33-28)26(34-36)21-13-11-20(12-14-21)16-31-29(38)23-10-5-4-8-19(23)2/h3-5,7-8,10-14,18,22H,6,9,15-17H2,1-2H3,(H,31,38)(H2,30,32,33)/b7-3+. The lowest BCUT2D eigenvalue weighted by Gasteiger charge is -2.32. The van der Waals surface area contributed by atoms with Gasteiger partial charge in [-0.1, -0.05) is 48.5 Å². The summed E-state index contributed by atoms with van der Waals surface area (Å²) >= 11 is 0. The van der Waals surface area contributed by atoms with Gasteiger partial charge in [-0.25, -0.2) is 14.6 Å². The topological polar surface area (TPSA) is 119 Å². The van der Waals surface area contributed by atoms with Gasteiger partial charge in [0.05, 0.1) is 11.4 Å². The molecule has 2 aromatic heterocycles. The molecule has 0 saturated carbocycles. The molecule has 1 aliphatic rings. The molecule has 0 spiro atoms. The van der Waals surface area contributed by atoms with Crippen LogP contribution in [0.2, 0.25) is 0 Å². The molecular weight excluding hydrogens is 478 g/mol. The largest absolute Gasteiger partial charge is 0.383 e. The van der Waals surface area contributed by atoms with Crippen LogP contribution < -0.4 is 11.1 Å². The van der Waals surface area contributed by atoms with E-state index in [9.17, 15) is 9.59 Å². The van der Waals surface area contributed by atoms with Crippen LogP contribution in [0, 0.1) is 6.92 Å². The second-order valence-corrected chi connectivity index (χ2v) is 9.53. The number of benzene rings is 2. The highest BCUT2D eigenvalue weighted by Crippen LogP contribution is 2.33. The zero-order valence-electron chi connectivity index (χ0n) is 21.6. The summed E-state index contributed by atoms with van der Waals surface area (Å²) in [5, 5.41) is 8.63. The monoisotopic (exact) mass is 509 g/mol.